The Bertz CT molecular complexity index is 1370. The number of ether oxygens (including phenoxy) is 2. The molecule has 2 aliphatic rings. The Morgan fingerprint density at radius 2 is 1.71 bits per heavy atom. The van der Waals surface area contributed by atoms with Crippen LogP contribution in [0.4, 0.5) is 0 Å². The molecule has 0 amide bonds. The fraction of sp³-hybridized carbons (Fsp3) is 0.138. The van der Waals surface area contributed by atoms with Gasteiger partial charge in [0.25, 0.3) is 0 Å². The van der Waals surface area contributed by atoms with Gasteiger partial charge < -0.3 is 9.47 Å². The summed E-state index contributed by atoms with van der Waals surface area (Å²) >= 11 is 9.73. The van der Waals surface area contributed by atoms with Crippen LogP contribution in [-0.2, 0) is 6.61 Å². The number of hydrazone groups is 1. The van der Waals surface area contributed by atoms with E-state index in [9.17, 15) is 0 Å². The number of rotatable bonds is 5. The molecular weight excluding hydrogens is 524 g/mol. The van der Waals surface area contributed by atoms with Crippen LogP contribution in [0.2, 0.25) is 5.02 Å². The fourth-order valence-electron chi connectivity index (χ4n) is 4.56. The average Bonchev–Trinajstić information content (AvgIpc) is 3.34. The highest BCUT2D eigenvalue weighted by Crippen LogP contribution is 2.48. The zero-order valence-corrected chi connectivity index (χ0v) is 21.1. The lowest BCUT2D eigenvalue weighted by atomic mass is 9.96. The summed E-state index contributed by atoms with van der Waals surface area (Å²) in [6.45, 7) is 0.533. The van der Waals surface area contributed by atoms with E-state index < -0.39 is 0 Å². The summed E-state index contributed by atoms with van der Waals surface area (Å²) < 4.78 is 13.5. The van der Waals surface area contributed by atoms with Gasteiger partial charge in [-0.2, -0.15) is 5.10 Å². The number of benzene rings is 4. The number of hydrogen-bond acceptors (Lipinski definition) is 4. The summed E-state index contributed by atoms with van der Waals surface area (Å²) in [4.78, 5) is 0. The van der Waals surface area contributed by atoms with Gasteiger partial charge in [-0.15, -0.1) is 0 Å². The van der Waals surface area contributed by atoms with Crippen LogP contribution in [0.1, 0.15) is 40.9 Å². The fourth-order valence-corrected chi connectivity index (χ4v) is 5.07. The van der Waals surface area contributed by atoms with E-state index in [1.165, 1.54) is 0 Å². The third kappa shape index (κ3) is 4.54. The standard InChI is InChI=1S/C29H22BrClN2O2/c30-22-10-15-28-25(16-22)27-17-26(20-6-11-23(31)12-7-20)32-33(27)29(35-28)21-8-13-24(14-9-21)34-18-19-4-2-1-3-5-19/h1-16,27,29H,17-18H2/t27-,29+/m0/s1. The minimum atomic E-state index is -0.332. The summed E-state index contributed by atoms with van der Waals surface area (Å²) in [5.41, 5.74) is 5.39. The molecule has 0 unspecified atom stereocenters. The molecule has 6 rings (SSSR count). The van der Waals surface area contributed by atoms with E-state index in [1.54, 1.807) is 0 Å². The molecule has 6 heteroatoms. The lowest BCUT2D eigenvalue weighted by molar-refractivity contribution is -0.0191. The zero-order valence-electron chi connectivity index (χ0n) is 18.8. The first-order valence-corrected chi connectivity index (χ1v) is 12.7. The normalized spacial score (nSPS) is 18.3. The second-order valence-electron chi connectivity index (χ2n) is 8.65. The van der Waals surface area contributed by atoms with Crippen molar-refractivity contribution >= 4 is 33.2 Å². The summed E-state index contributed by atoms with van der Waals surface area (Å²) in [5.74, 6) is 1.71. The van der Waals surface area contributed by atoms with Gasteiger partial charge in [0.2, 0.25) is 6.23 Å². The third-order valence-electron chi connectivity index (χ3n) is 6.34. The summed E-state index contributed by atoms with van der Waals surface area (Å²) in [7, 11) is 0. The average molecular weight is 546 g/mol. The Morgan fingerprint density at radius 3 is 2.49 bits per heavy atom. The quantitative estimate of drug-likeness (QED) is 0.255. The predicted molar refractivity (Wildman–Crippen MR) is 142 cm³/mol. The molecule has 0 bridgehead atoms. The summed E-state index contributed by atoms with van der Waals surface area (Å²) in [5, 5.41) is 7.83. The zero-order chi connectivity index (χ0) is 23.8. The van der Waals surface area contributed by atoms with Crippen molar-refractivity contribution in [2.75, 3.05) is 0 Å². The van der Waals surface area contributed by atoms with Crippen molar-refractivity contribution in [2.45, 2.75) is 25.3 Å². The highest BCUT2D eigenvalue weighted by molar-refractivity contribution is 9.10. The smallest absolute Gasteiger partial charge is 0.213 e. The first-order valence-electron chi connectivity index (χ1n) is 11.5. The van der Waals surface area contributed by atoms with Crippen LogP contribution in [0.3, 0.4) is 0 Å². The van der Waals surface area contributed by atoms with Gasteiger partial charge in [0, 0.05) is 27.0 Å². The van der Waals surface area contributed by atoms with Crippen molar-refractivity contribution in [1.29, 1.82) is 0 Å². The highest BCUT2D eigenvalue weighted by Gasteiger charge is 2.41. The van der Waals surface area contributed by atoms with E-state index in [4.69, 9.17) is 26.2 Å². The van der Waals surface area contributed by atoms with Crippen molar-refractivity contribution < 1.29 is 9.47 Å². The van der Waals surface area contributed by atoms with Gasteiger partial charge in [0.1, 0.15) is 18.1 Å². The molecule has 4 nitrogen and oxygen atoms in total. The lowest BCUT2D eigenvalue weighted by Gasteiger charge is -2.38. The lowest BCUT2D eigenvalue weighted by Crippen LogP contribution is -2.33. The molecule has 0 N–H and O–H groups in total. The van der Waals surface area contributed by atoms with Gasteiger partial charge in [-0.1, -0.05) is 70.0 Å². The van der Waals surface area contributed by atoms with Crippen molar-refractivity contribution in [1.82, 2.24) is 5.01 Å². The Balaban J connectivity index is 1.29. The van der Waals surface area contributed by atoms with E-state index in [0.717, 1.165) is 55.4 Å². The van der Waals surface area contributed by atoms with Crippen LogP contribution in [0.15, 0.2) is 107 Å². The predicted octanol–water partition coefficient (Wildman–Crippen LogP) is 7.92. The maximum atomic E-state index is 6.50. The maximum absolute atomic E-state index is 6.50. The maximum Gasteiger partial charge on any atom is 0.213 e. The molecular formula is C29H22BrClN2O2. The second-order valence-corrected chi connectivity index (χ2v) is 10.0. The number of fused-ring (bicyclic) bond motifs is 3. The molecule has 0 fully saturated rings. The molecule has 0 spiro atoms. The van der Waals surface area contributed by atoms with Gasteiger partial charge in [-0.25, -0.2) is 5.01 Å². The van der Waals surface area contributed by atoms with E-state index in [0.29, 0.717) is 6.61 Å². The van der Waals surface area contributed by atoms with Gasteiger partial charge in [0.15, 0.2) is 0 Å². The van der Waals surface area contributed by atoms with E-state index in [2.05, 4.69) is 51.3 Å². The first kappa shape index (κ1) is 22.2. The molecule has 2 atom stereocenters. The largest absolute Gasteiger partial charge is 0.489 e. The summed E-state index contributed by atoms with van der Waals surface area (Å²) in [6.07, 6.45) is 0.463. The second kappa shape index (κ2) is 9.40. The Hall–Kier alpha value is -3.28. The van der Waals surface area contributed by atoms with E-state index in [-0.39, 0.29) is 12.3 Å². The molecule has 0 saturated heterocycles. The van der Waals surface area contributed by atoms with Crippen LogP contribution in [0.25, 0.3) is 0 Å². The minimum Gasteiger partial charge on any atom is -0.489 e. The molecule has 4 aromatic carbocycles. The van der Waals surface area contributed by atoms with Gasteiger partial charge in [-0.05, 0) is 65.7 Å². The Labute approximate surface area is 217 Å². The number of hydrogen-bond donors (Lipinski definition) is 0. The van der Waals surface area contributed by atoms with Gasteiger partial charge in [-0.3, -0.25) is 0 Å². The number of nitrogens with zero attached hydrogens (tertiary/aromatic N) is 2. The van der Waals surface area contributed by atoms with Gasteiger partial charge >= 0.3 is 0 Å². The van der Waals surface area contributed by atoms with Crippen molar-refractivity contribution in [3.05, 3.63) is 129 Å². The third-order valence-corrected chi connectivity index (χ3v) is 7.09. The molecule has 4 aromatic rings. The monoisotopic (exact) mass is 544 g/mol. The van der Waals surface area contributed by atoms with E-state index >= 15 is 0 Å². The SMILES string of the molecule is Clc1ccc(C2=NN3[C@@H](c4ccc(OCc5ccccc5)cc4)Oc4ccc(Br)cc4[C@@H]3C2)cc1. The van der Waals surface area contributed by atoms with Crippen LogP contribution in [-0.4, -0.2) is 10.7 Å². The van der Waals surface area contributed by atoms with Crippen molar-refractivity contribution in [3.63, 3.8) is 0 Å². The number of halogens is 2. The van der Waals surface area contributed by atoms with Crippen LogP contribution in [0, 0.1) is 0 Å². The van der Waals surface area contributed by atoms with Crippen LogP contribution >= 0.6 is 27.5 Å². The van der Waals surface area contributed by atoms with Crippen LogP contribution < -0.4 is 9.47 Å². The van der Waals surface area contributed by atoms with Crippen molar-refractivity contribution in [3.8, 4) is 11.5 Å². The first-order chi connectivity index (χ1) is 17.1. The molecule has 2 heterocycles. The topological polar surface area (TPSA) is 34.1 Å². The molecule has 0 aromatic heterocycles. The minimum absolute atomic E-state index is 0.0842. The van der Waals surface area contributed by atoms with Crippen LogP contribution in [0.5, 0.6) is 11.5 Å². The molecule has 0 saturated carbocycles. The molecule has 35 heavy (non-hydrogen) atoms. The molecule has 174 valence electrons. The summed E-state index contributed by atoms with van der Waals surface area (Å²) in [6, 6.07) is 32.4. The Kier molecular flexibility index (Phi) is 5.96. The molecule has 0 radical (unpaired) electrons. The van der Waals surface area contributed by atoms with Crippen molar-refractivity contribution in [2.24, 2.45) is 5.10 Å². The van der Waals surface area contributed by atoms with Gasteiger partial charge in [0.05, 0.1) is 11.8 Å². The van der Waals surface area contributed by atoms with E-state index in [1.807, 2.05) is 66.7 Å². The Morgan fingerprint density at radius 1 is 0.943 bits per heavy atom. The molecule has 2 aliphatic heterocycles. The highest BCUT2D eigenvalue weighted by atomic mass is 79.9. The molecule has 0 aliphatic carbocycles.